The lowest BCUT2D eigenvalue weighted by molar-refractivity contribution is -0.156. The summed E-state index contributed by atoms with van der Waals surface area (Å²) in [4.78, 5) is 39.8. The Bertz CT molecular complexity index is 879. The average Bonchev–Trinajstić information content (AvgIpc) is 3.24. The lowest BCUT2D eigenvalue weighted by Gasteiger charge is -2.32. The van der Waals surface area contributed by atoms with Crippen LogP contribution in [0.5, 0.6) is 0 Å². The molecule has 4 N–H and O–H groups in total. The lowest BCUT2D eigenvalue weighted by Crippen LogP contribution is -2.53. The Morgan fingerprint density at radius 2 is 1.91 bits per heavy atom. The normalized spacial score (nSPS) is 17.6. The van der Waals surface area contributed by atoms with E-state index in [9.17, 15) is 19.5 Å². The maximum absolute atomic E-state index is 13.0. The van der Waals surface area contributed by atoms with E-state index in [1.807, 2.05) is 0 Å². The first kappa shape index (κ1) is 27.1. The zero-order valence-corrected chi connectivity index (χ0v) is 20.9. The summed E-state index contributed by atoms with van der Waals surface area (Å²) in [5, 5.41) is 13.9. The van der Waals surface area contributed by atoms with E-state index in [-0.39, 0.29) is 25.3 Å². The Balaban J connectivity index is 2.16. The van der Waals surface area contributed by atoms with Crippen LogP contribution in [0.15, 0.2) is 18.2 Å². The molecular weight excluding hydrogens is 446 g/mol. The van der Waals surface area contributed by atoms with Crippen LogP contribution in [0.25, 0.3) is 0 Å². The summed E-state index contributed by atoms with van der Waals surface area (Å²) < 4.78 is 5.39. The summed E-state index contributed by atoms with van der Waals surface area (Å²) in [5.41, 5.74) is 5.08. The second-order valence-electron chi connectivity index (χ2n) is 9.47. The fourth-order valence-electron chi connectivity index (χ4n) is 3.93. The predicted octanol–water partition coefficient (Wildman–Crippen LogP) is 2.84. The molecular formula is C24H36ClN3O5. The van der Waals surface area contributed by atoms with E-state index in [4.69, 9.17) is 22.1 Å². The molecule has 1 aliphatic rings. The molecule has 184 valence electrons. The van der Waals surface area contributed by atoms with E-state index in [1.54, 1.807) is 52.8 Å². The number of esters is 1. The highest BCUT2D eigenvalue weighted by molar-refractivity contribution is 6.30. The van der Waals surface area contributed by atoms with Crippen molar-refractivity contribution in [2.24, 2.45) is 5.73 Å². The molecule has 1 aromatic rings. The number of hydrogen-bond donors (Lipinski definition) is 3. The number of hydrogen-bond acceptors (Lipinski definition) is 6. The highest BCUT2D eigenvalue weighted by Gasteiger charge is 2.42. The van der Waals surface area contributed by atoms with Crippen LogP contribution in [0.2, 0.25) is 5.02 Å². The SMILES string of the molecule is CCC(O)(CC)C(=O)N1CCC[C@H]1C(=O)NCc1cc(Cl)ccc1C(N)C(=O)OC(C)(C)C. The first-order valence-corrected chi connectivity index (χ1v) is 11.8. The van der Waals surface area contributed by atoms with E-state index < -0.39 is 35.2 Å². The van der Waals surface area contributed by atoms with Crippen molar-refractivity contribution in [1.29, 1.82) is 0 Å². The zero-order chi connectivity index (χ0) is 25.0. The van der Waals surface area contributed by atoms with Gasteiger partial charge in [0.05, 0.1) is 0 Å². The van der Waals surface area contributed by atoms with Crippen LogP contribution in [-0.4, -0.2) is 51.6 Å². The summed E-state index contributed by atoms with van der Waals surface area (Å²) >= 11 is 6.15. The van der Waals surface area contributed by atoms with Crippen LogP contribution in [0.1, 0.15) is 77.5 Å². The van der Waals surface area contributed by atoms with E-state index in [0.717, 1.165) is 0 Å². The van der Waals surface area contributed by atoms with Gasteiger partial charge in [-0.15, -0.1) is 0 Å². The number of ether oxygens (including phenoxy) is 1. The molecule has 1 unspecified atom stereocenters. The number of aliphatic hydroxyl groups is 1. The number of amides is 2. The summed E-state index contributed by atoms with van der Waals surface area (Å²) in [5.74, 6) is -1.32. The molecule has 2 atom stereocenters. The summed E-state index contributed by atoms with van der Waals surface area (Å²) in [7, 11) is 0. The summed E-state index contributed by atoms with van der Waals surface area (Å²) in [6.45, 7) is 9.28. The highest BCUT2D eigenvalue weighted by atomic mass is 35.5. The molecule has 2 rings (SSSR count). The van der Waals surface area contributed by atoms with Crippen molar-refractivity contribution in [3.05, 3.63) is 34.3 Å². The number of rotatable bonds is 8. The average molecular weight is 482 g/mol. The Labute approximate surface area is 200 Å². The second kappa shape index (κ2) is 10.8. The minimum Gasteiger partial charge on any atom is -0.459 e. The van der Waals surface area contributed by atoms with Gasteiger partial charge in [0, 0.05) is 18.1 Å². The molecule has 1 fully saturated rings. The number of nitrogens with one attached hydrogen (secondary N) is 1. The first-order chi connectivity index (χ1) is 15.3. The molecule has 0 aliphatic carbocycles. The van der Waals surface area contributed by atoms with Crippen molar-refractivity contribution in [1.82, 2.24) is 10.2 Å². The van der Waals surface area contributed by atoms with Gasteiger partial charge in [0.15, 0.2) is 0 Å². The number of nitrogens with two attached hydrogens (primary N) is 1. The van der Waals surface area contributed by atoms with E-state index >= 15 is 0 Å². The quantitative estimate of drug-likeness (QED) is 0.491. The summed E-state index contributed by atoms with van der Waals surface area (Å²) in [6, 6.07) is 3.21. The van der Waals surface area contributed by atoms with Gasteiger partial charge in [0.2, 0.25) is 5.91 Å². The molecule has 0 aromatic heterocycles. The third-order valence-corrected chi connectivity index (χ3v) is 6.17. The topological polar surface area (TPSA) is 122 Å². The molecule has 0 spiro atoms. The number of carbonyl (C=O) groups excluding carboxylic acids is 3. The van der Waals surface area contributed by atoms with Crippen molar-refractivity contribution in [2.75, 3.05) is 6.54 Å². The molecule has 8 nitrogen and oxygen atoms in total. The van der Waals surface area contributed by atoms with Crippen molar-refractivity contribution < 1.29 is 24.2 Å². The minimum atomic E-state index is -1.47. The van der Waals surface area contributed by atoms with Crippen LogP contribution in [0, 0.1) is 0 Å². The molecule has 0 saturated carbocycles. The van der Waals surface area contributed by atoms with Gasteiger partial charge >= 0.3 is 5.97 Å². The summed E-state index contributed by atoms with van der Waals surface area (Å²) in [6.07, 6.45) is 1.75. The van der Waals surface area contributed by atoms with Gasteiger partial charge in [-0.3, -0.25) is 9.59 Å². The van der Waals surface area contributed by atoms with Gasteiger partial charge in [0.25, 0.3) is 5.91 Å². The lowest BCUT2D eigenvalue weighted by atomic mass is 9.95. The van der Waals surface area contributed by atoms with Crippen LogP contribution in [-0.2, 0) is 25.7 Å². The maximum Gasteiger partial charge on any atom is 0.328 e. The Morgan fingerprint density at radius 1 is 1.27 bits per heavy atom. The van der Waals surface area contributed by atoms with Crippen molar-refractivity contribution >= 4 is 29.4 Å². The molecule has 1 aromatic carbocycles. The first-order valence-electron chi connectivity index (χ1n) is 11.4. The largest absolute Gasteiger partial charge is 0.459 e. The predicted molar refractivity (Wildman–Crippen MR) is 126 cm³/mol. The van der Waals surface area contributed by atoms with E-state index in [0.29, 0.717) is 35.5 Å². The third-order valence-electron chi connectivity index (χ3n) is 5.94. The monoisotopic (exact) mass is 481 g/mol. The minimum absolute atomic E-state index is 0.0789. The molecule has 9 heteroatoms. The van der Waals surface area contributed by atoms with Gasteiger partial charge in [-0.25, -0.2) is 4.79 Å². The van der Waals surface area contributed by atoms with Gasteiger partial charge in [-0.2, -0.15) is 0 Å². The molecule has 1 saturated heterocycles. The van der Waals surface area contributed by atoms with Gasteiger partial charge in [-0.1, -0.05) is 31.5 Å². The fraction of sp³-hybridized carbons (Fsp3) is 0.625. The smallest absolute Gasteiger partial charge is 0.328 e. The fourth-order valence-corrected chi connectivity index (χ4v) is 4.12. The van der Waals surface area contributed by atoms with Crippen LogP contribution in [0.3, 0.4) is 0 Å². The molecule has 2 amide bonds. The number of nitrogens with zero attached hydrogens (tertiary/aromatic N) is 1. The van der Waals surface area contributed by atoms with Crippen molar-refractivity contribution in [3.63, 3.8) is 0 Å². The van der Waals surface area contributed by atoms with Crippen LogP contribution >= 0.6 is 11.6 Å². The van der Waals surface area contributed by atoms with Crippen molar-refractivity contribution in [3.8, 4) is 0 Å². The second-order valence-corrected chi connectivity index (χ2v) is 9.90. The van der Waals surface area contributed by atoms with E-state index in [2.05, 4.69) is 5.32 Å². The van der Waals surface area contributed by atoms with Crippen LogP contribution in [0.4, 0.5) is 0 Å². The molecule has 1 heterocycles. The Morgan fingerprint density at radius 3 is 2.48 bits per heavy atom. The Kier molecular flexibility index (Phi) is 8.90. The maximum atomic E-state index is 13.0. The Hall–Kier alpha value is -2.16. The number of likely N-dealkylation sites (tertiary alicyclic amines) is 1. The standard InChI is InChI=1S/C24H36ClN3O5/c1-6-24(32,7-2)22(31)28-12-8-9-18(28)20(29)27-14-15-13-16(25)10-11-17(15)19(26)21(30)33-23(3,4)5/h10-11,13,18-19,32H,6-9,12,14,26H2,1-5H3,(H,27,29)/t18-,19?/m0/s1. The molecule has 1 aliphatic heterocycles. The molecule has 0 bridgehead atoms. The van der Waals surface area contributed by atoms with Crippen molar-refractivity contribution in [2.45, 2.75) is 90.1 Å². The molecule has 33 heavy (non-hydrogen) atoms. The van der Waals surface area contributed by atoms with Gasteiger partial charge in [-0.05, 0) is 69.7 Å². The highest BCUT2D eigenvalue weighted by Crippen LogP contribution is 2.27. The number of benzene rings is 1. The number of carbonyl (C=O) groups is 3. The zero-order valence-electron chi connectivity index (χ0n) is 20.1. The van der Waals surface area contributed by atoms with Gasteiger partial charge < -0.3 is 25.8 Å². The number of halogens is 1. The third kappa shape index (κ3) is 6.68. The van der Waals surface area contributed by atoms with Crippen LogP contribution < -0.4 is 11.1 Å². The molecule has 0 radical (unpaired) electrons. The van der Waals surface area contributed by atoms with Gasteiger partial charge in [0.1, 0.15) is 23.3 Å². The van der Waals surface area contributed by atoms with E-state index in [1.165, 1.54) is 4.90 Å².